The van der Waals surface area contributed by atoms with Crippen LogP contribution in [0.2, 0.25) is 5.02 Å². The van der Waals surface area contributed by atoms with E-state index in [4.69, 9.17) is 16.3 Å². The van der Waals surface area contributed by atoms with Crippen LogP contribution in [0.5, 0.6) is 5.75 Å². The number of nitrogens with one attached hydrogen (secondary N) is 2. The van der Waals surface area contributed by atoms with Crippen molar-refractivity contribution < 1.29 is 9.53 Å². The third-order valence-electron chi connectivity index (χ3n) is 3.82. The standard InChI is InChI=1S/C17H20ClN5O2S/c1-11(2)17(3,10-19)21-15(24)9-26-16-20-14(22-23-16)8-25-13-6-4-12(18)5-7-13/h4-7,11H,8-9H2,1-3H3,(H,21,24)(H,20,22,23). The first-order chi connectivity index (χ1) is 12.3. The number of aromatic nitrogens is 3. The second-order valence-electron chi connectivity index (χ2n) is 6.11. The van der Waals surface area contributed by atoms with Crippen LogP contribution >= 0.6 is 23.4 Å². The smallest absolute Gasteiger partial charge is 0.231 e. The number of aromatic amines is 1. The molecule has 0 spiro atoms. The Bertz CT molecular complexity index is 787. The number of H-pyrrole nitrogens is 1. The molecular weight excluding hydrogens is 374 g/mol. The van der Waals surface area contributed by atoms with Gasteiger partial charge in [0.25, 0.3) is 0 Å². The van der Waals surface area contributed by atoms with Crippen LogP contribution in [0, 0.1) is 17.2 Å². The van der Waals surface area contributed by atoms with E-state index in [0.29, 0.717) is 21.8 Å². The molecule has 0 fully saturated rings. The van der Waals surface area contributed by atoms with Crippen molar-refractivity contribution in [3.63, 3.8) is 0 Å². The van der Waals surface area contributed by atoms with E-state index in [9.17, 15) is 10.1 Å². The Kier molecular flexibility index (Phi) is 6.89. The number of benzene rings is 1. The monoisotopic (exact) mass is 393 g/mol. The molecule has 2 aromatic rings. The van der Waals surface area contributed by atoms with Crippen molar-refractivity contribution in [1.29, 1.82) is 5.26 Å². The molecule has 0 saturated carbocycles. The summed E-state index contributed by atoms with van der Waals surface area (Å²) in [5.41, 5.74) is -0.895. The van der Waals surface area contributed by atoms with Gasteiger partial charge in [-0.05, 0) is 37.1 Å². The molecule has 0 saturated heterocycles. The van der Waals surface area contributed by atoms with Gasteiger partial charge in [-0.15, -0.1) is 5.10 Å². The van der Waals surface area contributed by atoms with Gasteiger partial charge in [0.15, 0.2) is 5.82 Å². The number of rotatable bonds is 8. The van der Waals surface area contributed by atoms with Gasteiger partial charge in [-0.2, -0.15) is 5.26 Å². The number of halogens is 1. The molecule has 1 aromatic carbocycles. The van der Waals surface area contributed by atoms with E-state index in [2.05, 4.69) is 26.6 Å². The molecule has 0 aliphatic rings. The highest BCUT2D eigenvalue weighted by Gasteiger charge is 2.29. The van der Waals surface area contributed by atoms with Crippen LogP contribution in [-0.4, -0.2) is 32.4 Å². The van der Waals surface area contributed by atoms with Crippen molar-refractivity contribution in [1.82, 2.24) is 20.5 Å². The molecule has 0 aliphatic heterocycles. The predicted molar refractivity (Wildman–Crippen MR) is 99.9 cm³/mol. The number of carbonyl (C=O) groups excluding carboxylic acids is 1. The minimum atomic E-state index is -0.895. The molecule has 0 bridgehead atoms. The summed E-state index contributed by atoms with van der Waals surface area (Å²) >= 11 is 7.01. The molecule has 1 amide bonds. The van der Waals surface area contributed by atoms with E-state index >= 15 is 0 Å². The number of carbonyl (C=O) groups is 1. The molecule has 9 heteroatoms. The molecule has 2 N–H and O–H groups in total. The number of thioether (sulfide) groups is 1. The van der Waals surface area contributed by atoms with Crippen LogP contribution in [0.15, 0.2) is 29.4 Å². The first-order valence-corrected chi connectivity index (χ1v) is 9.33. The molecule has 1 heterocycles. The van der Waals surface area contributed by atoms with Gasteiger partial charge in [0.05, 0.1) is 11.8 Å². The van der Waals surface area contributed by atoms with E-state index in [-0.39, 0.29) is 24.2 Å². The summed E-state index contributed by atoms with van der Waals surface area (Å²) in [6.45, 7) is 5.71. The lowest BCUT2D eigenvalue weighted by atomic mass is 9.90. The molecule has 0 aliphatic carbocycles. The minimum absolute atomic E-state index is 0.00146. The van der Waals surface area contributed by atoms with Crippen molar-refractivity contribution in [2.45, 2.75) is 38.1 Å². The van der Waals surface area contributed by atoms with Crippen LogP contribution in [0.3, 0.4) is 0 Å². The third-order valence-corrected chi connectivity index (χ3v) is 4.92. The molecule has 2 rings (SSSR count). The molecule has 1 unspecified atom stereocenters. The van der Waals surface area contributed by atoms with Crippen LogP contribution in [0.1, 0.15) is 26.6 Å². The van der Waals surface area contributed by atoms with Gasteiger partial charge in [0.2, 0.25) is 11.1 Å². The maximum absolute atomic E-state index is 12.1. The number of hydrogen-bond donors (Lipinski definition) is 2. The van der Waals surface area contributed by atoms with Gasteiger partial charge in [-0.1, -0.05) is 37.2 Å². The van der Waals surface area contributed by atoms with Crippen molar-refractivity contribution in [2.24, 2.45) is 5.92 Å². The second-order valence-corrected chi connectivity index (χ2v) is 7.49. The zero-order chi connectivity index (χ0) is 19.2. The van der Waals surface area contributed by atoms with E-state index in [0.717, 1.165) is 0 Å². The first-order valence-electron chi connectivity index (χ1n) is 7.97. The van der Waals surface area contributed by atoms with Gasteiger partial charge in [0, 0.05) is 5.02 Å². The lowest BCUT2D eigenvalue weighted by Gasteiger charge is -2.27. The SMILES string of the molecule is CC(C)C(C)(C#N)NC(=O)CSc1n[nH]c(COc2ccc(Cl)cc2)n1. The zero-order valence-corrected chi connectivity index (χ0v) is 16.3. The molecular formula is C17H20ClN5O2S. The number of nitriles is 1. The summed E-state index contributed by atoms with van der Waals surface area (Å²) < 4.78 is 5.58. The number of ether oxygens (including phenoxy) is 1. The molecule has 138 valence electrons. The predicted octanol–water partition coefficient (Wildman–Crippen LogP) is 3.18. The Morgan fingerprint density at radius 1 is 1.46 bits per heavy atom. The van der Waals surface area contributed by atoms with Crippen LogP contribution in [-0.2, 0) is 11.4 Å². The van der Waals surface area contributed by atoms with E-state index in [1.54, 1.807) is 31.2 Å². The van der Waals surface area contributed by atoms with Crippen molar-refractivity contribution >= 4 is 29.3 Å². The minimum Gasteiger partial charge on any atom is -0.486 e. The number of amides is 1. The highest BCUT2D eigenvalue weighted by molar-refractivity contribution is 7.99. The first kappa shape index (κ1) is 20.1. The van der Waals surface area contributed by atoms with Crippen LogP contribution in [0.4, 0.5) is 0 Å². The highest BCUT2D eigenvalue weighted by atomic mass is 35.5. The van der Waals surface area contributed by atoms with Gasteiger partial charge in [-0.25, -0.2) is 4.98 Å². The third kappa shape index (κ3) is 5.64. The van der Waals surface area contributed by atoms with E-state index in [1.165, 1.54) is 11.8 Å². The zero-order valence-electron chi connectivity index (χ0n) is 14.7. The van der Waals surface area contributed by atoms with Crippen LogP contribution in [0.25, 0.3) is 0 Å². The Morgan fingerprint density at radius 2 is 2.15 bits per heavy atom. The quantitative estimate of drug-likeness (QED) is 0.667. The van der Waals surface area contributed by atoms with Gasteiger partial charge in [0.1, 0.15) is 17.9 Å². The van der Waals surface area contributed by atoms with Crippen molar-refractivity contribution in [3.05, 3.63) is 35.1 Å². The number of nitrogens with zero attached hydrogens (tertiary/aromatic N) is 3. The average Bonchev–Trinajstić information content (AvgIpc) is 3.07. The Balaban J connectivity index is 1.82. The number of hydrogen-bond acceptors (Lipinski definition) is 6. The fraction of sp³-hybridized carbons (Fsp3) is 0.412. The Labute approximate surface area is 161 Å². The van der Waals surface area contributed by atoms with Gasteiger partial charge < -0.3 is 10.1 Å². The van der Waals surface area contributed by atoms with E-state index < -0.39 is 5.54 Å². The largest absolute Gasteiger partial charge is 0.486 e. The summed E-state index contributed by atoms with van der Waals surface area (Å²) in [5, 5.41) is 19.9. The molecule has 0 radical (unpaired) electrons. The fourth-order valence-corrected chi connectivity index (χ4v) is 2.59. The van der Waals surface area contributed by atoms with Gasteiger partial charge >= 0.3 is 0 Å². The highest BCUT2D eigenvalue weighted by Crippen LogP contribution is 2.18. The lowest BCUT2D eigenvalue weighted by Crippen LogP contribution is -2.49. The summed E-state index contributed by atoms with van der Waals surface area (Å²) in [5.74, 6) is 1.10. The summed E-state index contributed by atoms with van der Waals surface area (Å²) in [7, 11) is 0. The molecule has 26 heavy (non-hydrogen) atoms. The van der Waals surface area contributed by atoms with Gasteiger partial charge in [-0.3, -0.25) is 9.89 Å². The topological polar surface area (TPSA) is 104 Å². The maximum Gasteiger partial charge on any atom is 0.231 e. The maximum atomic E-state index is 12.1. The summed E-state index contributed by atoms with van der Waals surface area (Å²) in [6.07, 6.45) is 0. The van der Waals surface area contributed by atoms with Crippen molar-refractivity contribution in [2.75, 3.05) is 5.75 Å². The molecule has 1 aromatic heterocycles. The summed E-state index contributed by atoms with van der Waals surface area (Å²) in [6, 6.07) is 9.15. The normalized spacial score (nSPS) is 13.1. The molecule has 1 atom stereocenters. The van der Waals surface area contributed by atoms with Crippen LogP contribution < -0.4 is 10.1 Å². The van der Waals surface area contributed by atoms with E-state index in [1.807, 2.05) is 13.8 Å². The second kappa shape index (κ2) is 8.92. The van der Waals surface area contributed by atoms with Crippen molar-refractivity contribution in [3.8, 4) is 11.8 Å². The Morgan fingerprint density at radius 3 is 2.77 bits per heavy atom. The summed E-state index contributed by atoms with van der Waals surface area (Å²) in [4.78, 5) is 16.3. The lowest BCUT2D eigenvalue weighted by molar-refractivity contribution is -0.120. The fourth-order valence-electron chi connectivity index (χ4n) is 1.85. The Hall–Kier alpha value is -2.24. The molecule has 7 nitrogen and oxygen atoms in total. The average molecular weight is 394 g/mol.